The summed E-state index contributed by atoms with van der Waals surface area (Å²) in [6.07, 6.45) is 0.225. The van der Waals surface area contributed by atoms with E-state index in [2.05, 4.69) is 5.32 Å². The third-order valence-corrected chi connectivity index (χ3v) is 4.44. The Morgan fingerprint density at radius 3 is 2.88 bits per heavy atom. The molecule has 0 aliphatic carbocycles. The second kappa shape index (κ2) is 8.40. The second-order valence-electron chi connectivity index (χ2n) is 5.73. The van der Waals surface area contributed by atoms with Gasteiger partial charge < -0.3 is 9.47 Å². The molecule has 25 heavy (non-hydrogen) atoms. The molecule has 0 amide bonds. The standard InChI is InChI=1S/C17H19ClFNO5/c1-2-24-16(23)8-15(22)11-5-6-20-17(9-11,25-10-21)13-4-3-12(19)7-14(13)18/h3-4,7,10-11,20H,2,5-6,8-9H2,1H3. The molecule has 1 aliphatic rings. The van der Waals surface area contributed by atoms with Gasteiger partial charge in [-0.2, -0.15) is 0 Å². The van der Waals surface area contributed by atoms with Crippen molar-refractivity contribution in [1.29, 1.82) is 0 Å². The Morgan fingerprint density at radius 1 is 1.48 bits per heavy atom. The summed E-state index contributed by atoms with van der Waals surface area (Å²) < 4.78 is 23.4. The number of piperidine rings is 1. The molecular formula is C17H19ClFNO5. The van der Waals surface area contributed by atoms with Crippen molar-refractivity contribution in [1.82, 2.24) is 5.32 Å². The predicted molar refractivity (Wildman–Crippen MR) is 87.2 cm³/mol. The maximum atomic E-state index is 13.3. The highest BCUT2D eigenvalue weighted by Gasteiger charge is 2.43. The SMILES string of the molecule is CCOC(=O)CC(=O)C1CCNC(OC=O)(c2ccc(F)cc2Cl)C1. The fraction of sp³-hybridized carbons (Fsp3) is 0.471. The minimum Gasteiger partial charge on any atom is -0.466 e. The smallest absolute Gasteiger partial charge is 0.313 e. The third-order valence-electron chi connectivity index (χ3n) is 4.13. The van der Waals surface area contributed by atoms with Crippen LogP contribution >= 0.6 is 11.6 Å². The molecule has 1 aromatic rings. The molecule has 1 saturated heterocycles. The average Bonchev–Trinajstić information content (AvgIpc) is 2.55. The number of benzene rings is 1. The molecule has 6 nitrogen and oxygen atoms in total. The van der Waals surface area contributed by atoms with Gasteiger partial charge in [0.15, 0.2) is 5.72 Å². The molecule has 2 unspecified atom stereocenters. The van der Waals surface area contributed by atoms with Crippen LogP contribution in [0.25, 0.3) is 0 Å². The molecule has 1 N–H and O–H groups in total. The molecule has 0 radical (unpaired) electrons. The van der Waals surface area contributed by atoms with Gasteiger partial charge in [-0.25, -0.2) is 4.39 Å². The van der Waals surface area contributed by atoms with Gasteiger partial charge in [0.2, 0.25) is 0 Å². The summed E-state index contributed by atoms with van der Waals surface area (Å²) in [4.78, 5) is 34.9. The minimum atomic E-state index is -1.35. The van der Waals surface area contributed by atoms with Gasteiger partial charge in [0.05, 0.1) is 11.6 Å². The van der Waals surface area contributed by atoms with E-state index in [1.165, 1.54) is 12.1 Å². The molecule has 2 rings (SSSR count). The van der Waals surface area contributed by atoms with Crippen LogP contribution in [0.5, 0.6) is 0 Å². The van der Waals surface area contributed by atoms with Crippen LogP contribution in [0, 0.1) is 11.7 Å². The monoisotopic (exact) mass is 371 g/mol. The van der Waals surface area contributed by atoms with Gasteiger partial charge in [0.25, 0.3) is 6.47 Å². The Balaban J connectivity index is 2.25. The van der Waals surface area contributed by atoms with Gasteiger partial charge in [0, 0.05) is 17.9 Å². The Labute approximate surface area is 149 Å². The molecule has 0 saturated carbocycles. The Kier molecular flexibility index (Phi) is 6.50. The van der Waals surface area contributed by atoms with Crippen LogP contribution in [0.4, 0.5) is 4.39 Å². The second-order valence-corrected chi connectivity index (χ2v) is 6.14. The number of hydrogen-bond acceptors (Lipinski definition) is 6. The highest BCUT2D eigenvalue weighted by Crippen LogP contribution is 2.38. The first kappa shape index (κ1) is 19.3. The number of nitrogens with one attached hydrogen (secondary N) is 1. The van der Waals surface area contributed by atoms with Crippen molar-refractivity contribution in [3.05, 3.63) is 34.6 Å². The zero-order valence-electron chi connectivity index (χ0n) is 13.7. The van der Waals surface area contributed by atoms with Gasteiger partial charge in [-0.3, -0.25) is 19.7 Å². The number of hydrogen-bond donors (Lipinski definition) is 1. The summed E-state index contributed by atoms with van der Waals surface area (Å²) in [6, 6.07) is 3.72. The summed E-state index contributed by atoms with van der Waals surface area (Å²) in [5.41, 5.74) is -0.990. The lowest BCUT2D eigenvalue weighted by molar-refractivity contribution is -0.159. The van der Waals surface area contributed by atoms with Gasteiger partial charge in [0.1, 0.15) is 18.0 Å². The first-order chi connectivity index (χ1) is 11.9. The van der Waals surface area contributed by atoms with Crippen molar-refractivity contribution in [3.63, 3.8) is 0 Å². The van der Waals surface area contributed by atoms with E-state index < -0.39 is 23.4 Å². The van der Waals surface area contributed by atoms with E-state index in [9.17, 15) is 18.8 Å². The summed E-state index contributed by atoms with van der Waals surface area (Å²) in [6.45, 7) is 2.47. The molecule has 1 fully saturated rings. The van der Waals surface area contributed by atoms with E-state index in [4.69, 9.17) is 21.1 Å². The Hall–Kier alpha value is -1.99. The van der Waals surface area contributed by atoms with Gasteiger partial charge in [-0.1, -0.05) is 11.6 Å². The van der Waals surface area contributed by atoms with E-state index in [0.717, 1.165) is 6.07 Å². The number of halogens is 2. The molecule has 8 heteroatoms. The number of rotatable bonds is 7. The number of ketones is 1. The topological polar surface area (TPSA) is 81.7 Å². The maximum Gasteiger partial charge on any atom is 0.313 e. The highest BCUT2D eigenvalue weighted by atomic mass is 35.5. The van der Waals surface area contributed by atoms with Crippen LogP contribution in [0.1, 0.15) is 31.7 Å². The third kappa shape index (κ3) is 4.55. The van der Waals surface area contributed by atoms with E-state index in [-0.39, 0.29) is 36.7 Å². The summed E-state index contributed by atoms with van der Waals surface area (Å²) in [5, 5.41) is 3.12. The Bertz CT molecular complexity index is 668. The van der Waals surface area contributed by atoms with Crippen molar-refractivity contribution < 1.29 is 28.2 Å². The van der Waals surface area contributed by atoms with Crippen molar-refractivity contribution in [3.8, 4) is 0 Å². The molecule has 2 atom stereocenters. The van der Waals surface area contributed by atoms with Crippen molar-refractivity contribution >= 4 is 29.8 Å². The molecule has 0 aromatic heterocycles. The van der Waals surface area contributed by atoms with Gasteiger partial charge in [-0.05, 0) is 38.1 Å². The fourth-order valence-electron chi connectivity index (χ4n) is 3.00. The predicted octanol–water partition coefficient (Wildman–Crippen LogP) is 2.33. The van der Waals surface area contributed by atoms with Crippen LogP contribution in [-0.2, 0) is 29.6 Å². The van der Waals surface area contributed by atoms with E-state index >= 15 is 0 Å². The van der Waals surface area contributed by atoms with Crippen LogP contribution in [0.3, 0.4) is 0 Å². The van der Waals surface area contributed by atoms with Crippen molar-refractivity contribution in [2.45, 2.75) is 31.9 Å². The van der Waals surface area contributed by atoms with E-state index in [1.54, 1.807) is 6.92 Å². The molecule has 0 spiro atoms. The molecular weight excluding hydrogens is 353 g/mol. The first-order valence-electron chi connectivity index (χ1n) is 7.92. The molecule has 1 aromatic carbocycles. The van der Waals surface area contributed by atoms with Crippen molar-refractivity contribution in [2.75, 3.05) is 13.2 Å². The highest BCUT2D eigenvalue weighted by molar-refractivity contribution is 6.31. The lowest BCUT2D eigenvalue weighted by Crippen LogP contribution is -2.52. The molecule has 1 aliphatic heterocycles. The zero-order valence-corrected chi connectivity index (χ0v) is 14.5. The number of Topliss-reactive ketones (excluding diaryl/α,β-unsaturated/α-hetero) is 1. The largest absolute Gasteiger partial charge is 0.466 e. The minimum absolute atomic E-state index is 0.0767. The maximum absolute atomic E-state index is 13.3. The number of ether oxygens (including phenoxy) is 2. The molecule has 0 bridgehead atoms. The zero-order chi connectivity index (χ0) is 18.4. The number of carbonyl (C=O) groups is 3. The lowest BCUT2D eigenvalue weighted by Gasteiger charge is -2.40. The Morgan fingerprint density at radius 2 is 2.24 bits per heavy atom. The summed E-state index contributed by atoms with van der Waals surface area (Å²) in [5.74, 6) is -1.93. The summed E-state index contributed by atoms with van der Waals surface area (Å²) in [7, 11) is 0. The van der Waals surface area contributed by atoms with Crippen LogP contribution in [-0.4, -0.2) is 31.4 Å². The average molecular weight is 372 g/mol. The lowest BCUT2D eigenvalue weighted by atomic mass is 9.82. The van der Waals surface area contributed by atoms with Crippen LogP contribution < -0.4 is 5.32 Å². The fourth-order valence-corrected chi connectivity index (χ4v) is 3.32. The quantitative estimate of drug-likeness (QED) is 0.450. The molecule has 136 valence electrons. The van der Waals surface area contributed by atoms with Gasteiger partial charge >= 0.3 is 5.97 Å². The molecule has 1 heterocycles. The first-order valence-corrected chi connectivity index (χ1v) is 8.30. The summed E-state index contributed by atoms with van der Waals surface area (Å²) >= 11 is 6.11. The van der Waals surface area contributed by atoms with E-state index in [0.29, 0.717) is 18.5 Å². The van der Waals surface area contributed by atoms with Crippen LogP contribution in [0.15, 0.2) is 18.2 Å². The van der Waals surface area contributed by atoms with Crippen LogP contribution in [0.2, 0.25) is 5.02 Å². The van der Waals surface area contributed by atoms with E-state index in [1.807, 2.05) is 0 Å². The normalized spacial score (nSPS) is 22.9. The van der Waals surface area contributed by atoms with Crippen molar-refractivity contribution in [2.24, 2.45) is 5.92 Å². The van der Waals surface area contributed by atoms with Gasteiger partial charge in [-0.15, -0.1) is 0 Å². The number of carbonyl (C=O) groups excluding carboxylic acids is 3. The number of esters is 1.